The molecule has 0 spiro atoms. The zero-order chi connectivity index (χ0) is 8.27. The van der Waals surface area contributed by atoms with Crippen LogP contribution in [0.25, 0.3) is 0 Å². The van der Waals surface area contributed by atoms with E-state index >= 15 is 0 Å². The van der Waals surface area contributed by atoms with Crippen LogP contribution < -0.4 is 11.1 Å². The van der Waals surface area contributed by atoms with E-state index in [1.807, 2.05) is 25.2 Å². The summed E-state index contributed by atoms with van der Waals surface area (Å²) in [7, 11) is 1.92. The third-order valence-electron chi connectivity index (χ3n) is 1.78. The molecule has 1 aromatic carbocycles. The highest BCUT2D eigenvalue weighted by molar-refractivity contribution is 5.57. The molecule has 2 nitrogen and oxygen atoms in total. The second-order valence-electron chi connectivity index (χ2n) is 2.52. The molecule has 0 atom stereocenters. The molecule has 2 heteroatoms. The number of aryl methyl sites for hydroxylation is 1. The van der Waals surface area contributed by atoms with Crippen molar-refractivity contribution in [2.75, 3.05) is 18.1 Å². The lowest BCUT2D eigenvalue weighted by Crippen LogP contribution is -1.95. The van der Waals surface area contributed by atoms with E-state index in [4.69, 9.17) is 5.73 Å². The van der Waals surface area contributed by atoms with Crippen LogP contribution in [0.4, 0.5) is 11.4 Å². The number of nitrogens with one attached hydrogen (secondary N) is 1. The van der Waals surface area contributed by atoms with Gasteiger partial charge in [0.15, 0.2) is 0 Å². The minimum atomic E-state index is 0.834. The summed E-state index contributed by atoms with van der Waals surface area (Å²) < 4.78 is 0. The van der Waals surface area contributed by atoms with E-state index in [0.29, 0.717) is 0 Å². The lowest BCUT2D eigenvalue weighted by Gasteiger charge is -2.06. The zero-order valence-electron chi connectivity index (χ0n) is 7.02. The van der Waals surface area contributed by atoms with Crippen molar-refractivity contribution in [3.63, 3.8) is 0 Å². The lowest BCUT2D eigenvalue weighted by molar-refractivity contribution is 1.14. The minimum Gasteiger partial charge on any atom is -0.399 e. The van der Waals surface area contributed by atoms with Crippen molar-refractivity contribution in [2.45, 2.75) is 13.3 Å². The first-order valence-electron chi connectivity index (χ1n) is 3.84. The van der Waals surface area contributed by atoms with Gasteiger partial charge in [-0.2, -0.15) is 0 Å². The molecule has 0 amide bonds. The summed E-state index contributed by atoms with van der Waals surface area (Å²) in [6.07, 6.45) is 1.02. The van der Waals surface area contributed by atoms with Crippen LogP contribution in [0.3, 0.4) is 0 Å². The highest BCUT2D eigenvalue weighted by Crippen LogP contribution is 2.18. The molecule has 1 aromatic rings. The second kappa shape index (κ2) is 3.28. The van der Waals surface area contributed by atoms with Crippen molar-refractivity contribution in [3.8, 4) is 0 Å². The summed E-state index contributed by atoms with van der Waals surface area (Å²) in [6, 6.07) is 5.92. The molecule has 0 aliphatic rings. The molecular weight excluding hydrogens is 136 g/mol. The Labute approximate surface area is 67.4 Å². The monoisotopic (exact) mass is 150 g/mol. The molecule has 0 saturated heterocycles. The van der Waals surface area contributed by atoms with Gasteiger partial charge in [-0.05, 0) is 30.2 Å². The Bertz CT molecular complexity index is 243. The molecule has 0 saturated carbocycles. The fraction of sp³-hybridized carbons (Fsp3) is 0.333. The Morgan fingerprint density at radius 1 is 1.45 bits per heavy atom. The molecule has 0 aliphatic heterocycles. The number of benzene rings is 1. The first kappa shape index (κ1) is 7.92. The van der Waals surface area contributed by atoms with Gasteiger partial charge < -0.3 is 11.1 Å². The van der Waals surface area contributed by atoms with Crippen LogP contribution in [0.15, 0.2) is 18.2 Å². The number of hydrogen-bond donors (Lipinski definition) is 2. The van der Waals surface area contributed by atoms with Crippen molar-refractivity contribution in [2.24, 2.45) is 0 Å². The van der Waals surface area contributed by atoms with Crippen LogP contribution in [0.1, 0.15) is 12.5 Å². The van der Waals surface area contributed by atoms with E-state index in [1.54, 1.807) is 0 Å². The fourth-order valence-electron chi connectivity index (χ4n) is 1.15. The number of nitrogen functional groups attached to an aromatic ring is 1. The quantitative estimate of drug-likeness (QED) is 0.632. The number of nitrogens with two attached hydrogens (primary N) is 1. The summed E-state index contributed by atoms with van der Waals surface area (Å²) in [5.74, 6) is 0. The SMILES string of the molecule is CCc1cc(N)ccc1NC. The van der Waals surface area contributed by atoms with Gasteiger partial charge in [0.25, 0.3) is 0 Å². The zero-order valence-corrected chi connectivity index (χ0v) is 7.02. The predicted molar refractivity (Wildman–Crippen MR) is 49.8 cm³/mol. The molecule has 60 valence electrons. The van der Waals surface area contributed by atoms with Crippen LogP contribution in [-0.4, -0.2) is 7.05 Å². The predicted octanol–water partition coefficient (Wildman–Crippen LogP) is 1.87. The van der Waals surface area contributed by atoms with E-state index in [1.165, 1.54) is 11.3 Å². The Morgan fingerprint density at radius 2 is 2.18 bits per heavy atom. The van der Waals surface area contributed by atoms with Crippen molar-refractivity contribution in [1.82, 2.24) is 0 Å². The molecule has 11 heavy (non-hydrogen) atoms. The Morgan fingerprint density at radius 3 is 2.73 bits per heavy atom. The second-order valence-corrected chi connectivity index (χ2v) is 2.52. The van der Waals surface area contributed by atoms with Crippen LogP contribution in [-0.2, 0) is 6.42 Å². The summed E-state index contributed by atoms with van der Waals surface area (Å²) in [5, 5.41) is 3.12. The highest BCUT2D eigenvalue weighted by atomic mass is 14.8. The molecular formula is C9H14N2. The smallest absolute Gasteiger partial charge is 0.0371 e. The Balaban J connectivity index is 3.06. The molecule has 0 aromatic heterocycles. The first-order chi connectivity index (χ1) is 5.27. The summed E-state index contributed by atoms with van der Waals surface area (Å²) in [4.78, 5) is 0. The molecule has 3 N–H and O–H groups in total. The van der Waals surface area contributed by atoms with Crippen LogP contribution >= 0.6 is 0 Å². The molecule has 0 radical (unpaired) electrons. The van der Waals surface area contributed by atoms with Crippen LogP contribution in [0.2, 0.25) is 0 Å². The van der Waals surface area contributed by atoms with E-state index in [-0.39, 0.29) is 0 Å². The third-order valence-corrected chi connectivity index (χ3v) is 1.78. The fourth-order valence-corrected chi connectivity index (χ4v) is 1.15. The third kappa shape index (κ3) is 1.64. The normalized spacial score (nSPS) is 9.64. The maximum Gasteiger partial charge on any atom is 0.0371 e. The van der Waals surface area contributed by atoms with E-state index in [0.717, 1.165) is 12.1 Å². The van der Waals surface area contributed by atoms with Gasteiger partial charge in [0, 0.05) is 18.4 Å². The van der Waals surface area contributed by atoms with Crippen LogP contribution in [0, 0.1) is 0 Å². The van der Waals surface area contributed by atoms with Crippen molar-refractivity contribution < 1.29 is 0 Å². The molecule has 0 unspecified atom stereocenters. The minimum absolute atomic E-state index is 0.834. The van der Waals surface area contributed by atoms with E-state index in [9.17, 15) is 0 Å². The van der Waals surface area contributed by atoms with Gasteiger partial charge in [-0.1, -0.05) is 6.92 Å². The Kier molecular flexibility index (Phi) is 2.36. The molecule has 1 rings (SSSR count). The van der Waals surface area contributed by atoms with Crippen LogP contribution in [0.5, 0.6) is 0 Å². The topological polar surface area (TPSA) is 38.0 Å². The van der Waals surface area contributed by atoms with Gasteiger partial charge >= 0.3 is 0 Å². The maximum atomic E-state index is 5.63. The number of rotatable bonds is 2. The van der Waals surface area contributed by atoms with Gasteiger partial charge in [0.05, 0.1) is 0 Å². The Hall–Kier alpha value is -1.18. The molecule has 0 fully saturated rings. The number of anilines is 2. The van der Waals surface area contributed by atoms with Gasteiger partial charge in [-0.3, -0.25) is 0 Å². The van der Waals surface area contributed by atoms with Crippen molar-refractivity contribution >= 4 is 11.4 Å². The molecule has 0 heterocycles. The number of hydrogen-bond acceptors (Lipinski definition) is 2. The first-order valence-corrected chi connectivity index (χ1v) is 3.84. The van der Waals surface area contributed by atoms with Gasteiger partial charge in [0.1, 0.15) is 0 Å². The molecule has 0 aliphatic carbocycles. The summed E-state index contributed by atoms with van der Waals surface area (Å²) in [5.41, 5.74) is 8.90. The molecule has 0 bridgehead atoms. The van der Waals surface area contributed by atoms with E-state index in [2.05, 4.69) is 12.2 Å². The van der Waals surface area contributed by atoms with Crippen molar-refractivity contribution in [3.05, 3.63) is 23.8 Å². The van der Waals surface area contributed by atoms with E-state index < -0.39 is 0 Å². The van der Waals surface area contributed by atoms with Crippen molar-refractivity contribution in [1.29, 1.82) is 0 Å². The van der Waals surface area contributed by atoms with Gasteiger partial charge in [-0.15, -0.1) is 0 Å². The summed E-state index contributed by atoms with van der Waals surface area (Å²) in [6.45, 7) is 2.12. The standard InChI is InChI=1S/C9H14N2/c1-3-7-6-8(10)4-5-9(7)11-2/h4-6,11H,3,10H2,1-2H3. The summed E-state index contributed by atoms with van der Waals surface area (Å²) >= 11 is 0. The van der Waals surface area contributed by atoms with Gasteiger partial charge in [-0.25, -0.2) is 0 Å². The van der Waals surface area contributed by atoms with Gasteiger partial charge in [0.2, 0.25) is 0 Å². The largest absolute Gasteiger partial charge is 0.399 e. The average Bonchev–Trinajstić information content (AvgIpc) is 2.04. The maximum absolute atomic E-state index is 5.63. The average molecular weight is 150 g/mol. The lowest BCUT2D eigenvalue weighted by atomic mass is 10.1. The highest BCUT2D eigenvalue weighted by Gasteiger charge is 1.97.